The van der Waals surface area contributed by atoms with E-state index in [1.165, 1.54) is 0 Å². The van der Waals surface area contributed by atoms with Gasteiger partial charge in [-0.15, -0.1) is 0 Å². The van der Waals surface area contributed by atoms with Crippen molar-refractivity contribution in [3.05, 3.63) is 23.3 Å². The van der Waals surface area contributed by atoms with E-state index in [4.69, 9.17) is 11.0 Å². The molecule has 2 rings (SSSR count). The number of benzene rings is 1. The largest absolute Gasteiger partial charge is 0.398 e. The van der Waals surface area contributed by atoms with Gasteiger partial charge in [0.1, 0.15) is 6.07 Å². The van der Waals surface area contributed by atoms with Crippen LogP contribution in [0.1, 0.15) is 24.0 Å². The highest BCUT2D eigenvalue weighted by Crippen LogP contribution is 2.33. The normalized spacial score (nSPS) is 18.4. The van der Waals surface area contributed by atoms with Gasteiger partial charge in [-0.2, -0.15) is 5.26 Å². The van der Waals surface area contributed by atoms with E-state index in [2.05, 4.69) is 6.07 Å². The maximum Gasteiger partial charge on any atom is 0.251 e. The molecular formula is C13H15F2N3. The predicted octanol–water partition coefficient (Wildman–Crippen LogP) is 2.68. The molecule has 0 aliphatic carbocycles. The van der Waals surface area contributed by atoms with Crippen LogP contribution >= 0.6 is 0 Å². The Morgan fingerprint density at radius 1 is 1.33 bits per heavy atom. The maximum absolute atomic E-state index is 13.1. The topological polar surface area (TPSA) is 53.1 Å². The van der Waals surface area contributed by atoms with E-state index in [-0.39, 0.29) is 25.9 Å². The van der Waals surface area contributed by atoms with Crippen LogP contribution in [0.4, 0.5) is 20.2 Å². The van der Waals surface area contributed by atoms with E-state index in [9.17, 15) is 8.78 Å². The molecule has 1 aromatic rings. The first-order valence-corrected chi connectivity index (χ1v) is 5.86. The number of rotatable bonds is 1. The Labute approximate surface area is 105 Å². The highest BCUT2D eigenvalue weighted by atomic mass is 19.3. The first-order valence-electron chi connectivity index (χ1n) is 5.86. The third kappa shape index (κ3) is 2.37. The van der Waals surface area contributed by atoms with E-state index >= 15 is 0 Å². The smallest absolute Gasteiger partial charge is 0.251 e. The zero-order valence-corrected chi connectivity index (χ0v) is 10.2. The number of alkyl halides is 2. The standard InChI is InChI=1S/C13H15F2N3/c1-9-6-11(17)10(8-16)12(7-9)18-4-2-13(14,15)3-5-18/h6-7H,2-5,17H2,1H3. The molecule has 0 radical (unpaired) electrons. The summed E-state index contributed by atoms with van der Waals surface area (Å²) >= 11 is 0. The van der Waals surface area contributed by atoms with Crippen LogP contribution in [0.3, 0.4) is 0 Å². The molecule has 1 saturated heterocycles. The molecular weight excluding hydrogens is 236 g/mol. The molecule has 5 heteroatoms. The molecule has 2 N–H and O–H groups in total. The van der Waals surface area contributed by atoms with Crippen LogP contribution in [0.2, 0.25) is 0 Å². The summed E-state index contributed by atoms with van der Waals surface area (Å²) in [4.78, 5) is 1.82. The number of nitriles is 1. The third-order valence-corrected chi connectivity index (χ3v) is 3.24. The van der Waals surface area contributed by atoms with Gasteiger partial charge in [-0.25, -0.2) is 8.78 Å². The van der Waals surface area contributed by atoms with Gasteiger partial charge in [-0.3, -0.25) is 0 Å². The summed E-state index contributed by atoms with van der Waals surface area (Å²) in [6.45, 7) is 2.38. The summed E-state index contributed by atoms with van der Waals surface area (Å²) in [5.41, 5.74) is 8.18. The van der Waals surface area contributed by atoms with Crippen LogP contribution in [-0.2, 0) is 0 Å². The van der Waals surface area contributed by atoms with Gasteiger partial charge < -0.3 is 10.6 Å². The molecule has 0 unspecified atom stereocenters. The average molecular weight is 251 g/mol. The number of nitrogen functional groups attached to an aromatic ring is 1. The monoisotopic (exact) mass is 251 g/mol. The van der Waals surface area contributed by atoms with Gasteiger partial charge in [-0.1, -0.05) is 0 Å². The Kier molecular flexibility index (Phi) is 3.12. The third-order valence-electron chi connectivity index (χ3n) is 3.24. The molecule has 96 valence electrons. The second-order valence-corrected chi connectivity index (χ2v) is 4.70. The highest BCUT2D eigenvalue weighted by molar-refractivity contribution is 5.71. The fraction of sp³-hybridized carbons (Fsp3) is 0.462. The lowest BCUT2D eigenvalue weighted by Crippen LogP contribution is -2.39. The summed E-state index contributed by atoms with van der Waals surface area (Å²) in [7, 11) is 0. The molecule has 18 heavy (non-hydrogen) atoms. The number of anilines is 2. The van der Waals surface area contributed by atoms with Crippen molar-refractivity contribution in [1.29, 1.82) is 5.26 Å². The van der Waals surface area contributed by atoms with Crippen LogP contribution < -0.4 is 10.6 Å². The van der Waals surface area contributed by atoms with Crippen LogP contribution in [0.5, 0.6) is 0 Å². The van der Waals surface area contributed by atoms with Crippen LogP contribution in [0, 0.1) is 18.3 Å². The highest BCUT2D eigenvalue weighted by Gasteiger charge is 2.34. The lowest BCUT2D eigenvalue weighted by molar-refractivity contribution is -0.0220. The van der Waals surface area contributed by atoms with Crippen LogP contribution in [0.15, 0.2) is 12.1 Å². The molecule has 1 heterocycles. The number of hydrogen-bond donors (Lipinski definition) is 1. The van der Waals surface area contributed by atoms with Crippen molar-refractivity contribution in [2.45, 2.75) is 25.7 Å². The van der Waals surface area contributed by atoms with E-state index in [0.29, 0.717) is 16.9 Å². The Morgan fingerprint density at radius 3 is 2.50 bits per heavy atom. The van der Waals surface area contributed by atoms with Crippen molar-refractivity contribution >= 4 is 11.4 Å². The van der Waals surface area contributed by atoms with Crippen molar-refractivity contribution in [2.24, 2.45) is 0 Å². The number of piperidine rings is 1. The molecule has 0 atom stereocenters. The number of hydrogen-bond acceptors (Lipinski definition) is 3. The summed E-state index contributed by atoms with van der Waals surface area (Å²) in [5.74, 6) is -2.58. The van der Waals surface area contributed by atoms with Crippen molar-refractivity contribution in [3.8, 4) is 6.07 Å². The van der Waals surface area contributed by atoms with Gasteiger partial charge in [-0.05, 0) is 24.6 Å². The van der Waals surface area contributed by atoms with E-state index < -0.39 is 5.92 Å². The minimum Gasteiger partial charge on any atom is -0.398 e. The second-order valence-electron chi connectivity index (χ2n) is 4.70. The first-order chi connectivity index (χ1) is 8.43. The van der Waals surface area contributed by atoms with E-state index in [1.807, 2.05) is 17.9 Å². The van der Waals surface area contributed by atoms with Gasteiger partial charge in [0, 0.05) is 25.9 Å². The fourth-order valence-electron chi connectivity index (χ4n) is 2.24. The number of aryl methyl sites for hydroxylation is 1. The Morgan fingerprint density at radius 2 is 1.94 bits per heavy atom. The molecule has 0 aromatic heterocycles. The van der Waals surface area contributed by atoms with E-state index in [0.717, 1.165) is 5.56 Å². The van der Waals surface area contributed by atoms with E-state index in [1.54, 1.807) is 6.07 Å². The predicted molar refractivity (Wildman–Crippen MR) is 66.7 cm³/mol. The zero-order valence-electron chi connectivity index (χ0n) is 10.2. The maximum atomic E-state index is 13.1. The second kappa shape index (κ2) is 4.45. The number of halogens is 2. The minimum atomic E-state index is -2.58. The Balaban J connectivity index is 2.32. The first kappa shape index (κ1) is 12.6. The summed E-state index contributed by atoms with van der Waals surface area (Å²) in [5, 5.41) is 9.12. The molecule has 1 fully saturated rings. The molecule has 0 saturated carbocycles. The summed E-state index contributed by atoms with van der Waals surface area (Å²) in [6, 6.07) is 5.61. The zero-order chi connectivity index (χ0) is 13.3. The summed E-state index contributed by atoms with van der Waals surface area (Å²) in [6.07, 6.45) is -0.350. The number of nitrogens with two attached hydrogens (primary N) is 1. The van der Waals surface area contributed by atoms with Gasteiger partial charge in [0.15, 0.2) is 0 Å². The van der Waals surface area contributed by atoms with Crippen molar-refractivity contribution in [2.75, 3.05) is 23.7 Å². The molecule has 0 bridgehead atoms. The molecule has 1 aliphatic heterocycles. The fourth-order valence-corrected chi connectivity index (χ4v) is 2.24. The summed E-state index contributed by atoms with van der Waals surface area (Å²) < 4.78 is 26.2. The van der Waals surface area contributed by atoms with Crippen LogP contribution in [-0.4, -0.2) is 19.0 Å². The SMILES string of the molecule is Cc1cc(N)c(C#N)c(N2CCC(F)(F)CC2)c1. The van der Waals surface area contributed by atoms with Crippen molar-refractivity contribution in [3.63, 3.8) is 0 Å². The Hall–Kier alpha value is -1.83. The van der Waals surface area contributed by atoms with Crippen LogP contribution in [0.25, 0.3) is 0 Å². The van der Waals surface area contributed by atoms with Crippen molar-refractivity contribution in [1.82, 2.24) is 0 Å². The lowest BCUT2D eigenvalue weighted by Gasteiger charge is -2.34. The van der Waals surface area contributed by atoms with Crippen molar-refractivity contribution < 1.29 is 8.78 Å². The number of nitrogens with zero attached hydrogens (tertiary/aromatic N) is 2. The Bertz CT molecular complexity index is 496. The molecule has 1 aromatic carbocycles. The molecule has 1 aliphatic rings. The molecule has 0 amide bonds. The van der Waals surface area contributed by atoms with Gasteiger partial charge >= 0.3 is 0 Å². The average Bonchev–Trinajstić information content (AvgIpc) is 2.28. The van der Waals surface area contributed by atoms with Gasteiger partial charge in [0.05, 0.1) is 16.9 Å². The quantitative estimate of drug-likeness (QED) is 0.781. The lowest BCUT2D eigenvalue weighted by atomic mass is 10.0. The van der Waals surface area contributed by atoms with Gasteiger partial charge in [0.25, 0.3) is 5.92 Å². The minimum absolute atomic E-state index is 0.175. The molecule has 0 spiro atoms. The van der Waals surface area contributed by atoms with Gasteiger partial charge in [0.2, 0.25) is 0 Å². The molecule has 3 nitrogen and oxygen atoms in total.